The molecule has 0 saturated heterocycles. The Hall–Kier alpha value is -1.34. The number of halogens is 1. The zero-order chi connectivity index (χ0) is 11.4. The molecule has 0 bridgehead atoms. The summed E-state index contributed by atoms with van der Waals surface area (Å²) in [5.41, 5.74) is 1.79. The predicted octanol–water partition coefficient (Wildman–Crippen LogP) is 2.45. The molecule has 0 aromatic heterocycles. The third kappa shape index (κ3) is 2.37. The zero-order valence-electron chi connectivity index (χ0n) is 8.50. The summed E-state index contributed by atoms with van der Waals surface area (Å²) in [5.74, 6) is 0.407. The van der Waals surface area contributed by atoms with Gasteiger partial charge in [0, 0.05) is 0 Å². The van der Waals surface area contributed by atoms with Gasteiger partial charge in [-0.3, -0.25) is 4.79 Å². The van der Waals surface area contributed by atoms with Crippen molar-refractivity contribution in [3.8, 4) is 11.8 Å². The molecular formula is C11H10BrNO2. The molecule has 0 N–H and O–H groups in total. The Morgan fingerprint density at radius 2 is 2.27 bits per heavy atom. The van der Waals surface area contributed by atoms with Crippen LogP contribution >= 0.6 is 15.9 Å². The van der Waals surface area contributed by atoms with E-state index in [0.29, 0.717) is 16.9 Å². The second-order valence-electron chi connectivity index (χ2n) is 3.04. The van der Waals surface area contributed by atoms with Gasteiger partial charge in [0.05, 0.1) is 29.6 Å². The molecule has 0 radical (unpaired) electrons. The summed E-state index contributed by atoms with van der Waals surface area (Å²) in [6.45, 7) is 1.79. The number of Topliss-reactive ketones (excluding diaryl/α,β-unsaturated/α-hetero) is 1. The van der Waals surface area contributed by atoms with E-state index in [-0.39, 0.29) is 11.1 Å². The standard InChI is InChI=1S/C11H10BrNO2/c1-7-3-8(6-13)4-10(15-2)11(7)9(14)5-12/h3-4H,5H2,1-2H3. The number of aryl methyl sites for hydroxylation is 1. The Balaban J connectivity index is 3.39. The Kier molecular flexibility index (Phi) is 3.87. The van der Waals surface area contributed by atoms with Crippen molar-refractivity contribution >= 4 is 21.7 Å². The number of nitriles is 1. The number of carbonyl (C=O) groups is 1. The number of hydrogen-bond acceptors (Lipinski definition) is 3. The van der Waals surface area contributed by atoms with Gasteiger partial charge in [-0.15, -0.1) is 0 Å². The zero-order valence-corrected chi connectivity index (χ0v) is 10.1. The largest absolute Gasteiger partial charge is 0.496 e. The first-order valence-electron chi connectivity index (χ1n) is 4.32. The summed E-state index contributed by atoms with van der Waals surface area (Å²) in [5, 5.41) is 9.02. The molecule has 0 saturated carbocycles. The van der Waals surface area contributed by atoms with E-state index in [4.69, 9.17) is 10.00 Å². The van der Waals surface area contributed by atoms with Crippen LogP contribution in [0.4, 0.5) is 0 Å². The molecule has 0 amide bonds. The second-order valence-corrected chi connectivity index (χ2v) is 3.60. The molecule has 0 aliphatic rings. The van der Waals surface area contributed by atoms with Gasteiger partial charge in [0.15, 0.2) is 5.78 Å². The van der Waals surface area contributed by atoms with E-state index in [2.05, 4.69) is 15.9 Å². The normalized spacial score (nSPS) is 9.47. The van der Waals surface area contributed by atoms with E-state index in [1.54, 1.807) is 19.1 Å². The molecule has 0 aliphatic carbocycles. The number of carbonyl (C=O) groups excluding carboxylic acids is 1. The van der Waals surface area contributed by atoms with Crippen molar-refractivity contribution < 1.29 is 9.53 Å². The van der Waals surface area contributed by atoms with E-state index < -0.39 is 0 Å². The molecule has 0 heterocycles. The molecule has 0 atom stereocenters. The lowest BCUT2D eigenvalue weighted by Gasteiger charge is -2.09. The average Bonchev–Trinajstić information content (AvgIpc) is 2.26. The highest BCUT2D eigenvalue weighted by Gasteiger charge is 2.15. The molecule has 1 aromatic rings. The quantitative estimate of drug-likeness (QED) is 0.625. The maximum absolute atomic E-state index is 11.6. The fourth-order valence-corrected chi connectivity index (χ4v) is 1.68. The molecular weight excluding hydrogens is 258 g/mol. The van der Waals surface area contributed by atoms with E-state index in [1.807, 2.05) is 6.07 Å². The van der Waals surface area contributed by atoms with Crippen LogP contribution in [0.5, 0.6) is 5.75 Å². The first-order valence-corrected chi connectivity index (χ1v) is 5.44. The van der Waals surface area contributed by atoms with Gasteiger partial charge >= 0.3 is 0 Å². The Bertz CT molecular complexity index is 435. The minimum atomic E-state index is -0.0474. The SMILES string of the molecule is COc1cc(C#N)cc(C)c1C(=O)CBr. The van der Waals surface area contributed by atoms with Crippen LogP contribution in [0.3, 0.4) is 0 Å². The Morgan fingerprint density at radius 1 is 1.60 bits per heavy atom. The third-order valence-electron chi connectivity index (χ3n) is 2.05. The van der Waals surface area contributed by atoms with Crippen LogP contribution in [-0.4, -0.2) is 18.2 Å². The van der Waals surface area contributed by atoms with Crippen molar-refractivity contribution in [1.29, 1.82) is 5.26 Å². The van der Waals surface area contributed by atoms with Crippen molar-refractivity contribution in [3.05, 3.63) is 28.8 Å². The number of nitrogens with zero attached hydrogens (tertiary/aromatic N) is 1. The van der Waals surface area contributed by atoms with Gasteiger partial charge in [0.2, 0.25) is 0 Å². The highest BCUT2D eigenvalue weighted by Crippen LogP contribution is 2.25. The fraction of sp³-hybridized carbons (Fsp3) is 0.273. The lowest BCUT2D eigenvalue weighted by molar-refractivity contribution is 0.102. The summed E-state index contributed by atoms with van der Waals surface area (Å²) < 4.78 is 5.10. The van der Waals surface area contributed by atoms with E-state index in [9.17, 15) is 4.79 Å². The predicted molar refractivity (Wildman–Crippen MR) is 60.6 cm³/mol. The summed E-state index contributed by atoms with van der Waals surface area (Å²) in [7, 11) is 1.49. The second kappa shape index (κ2) is 4.94. The summed E-state index contributed by atoms with van der Waals surface area (Å²) in [4.78, 5) is 11.6. The number of rotatable bonds is 3. The molecule has 0 fully saturated rings. The number of hydrogen-bond donors (Lipinski definition) is 0. The van der Waals surface area contributed by atoms with Crippen LogP contribution in [0.1, 0.15) is 21.5 Å². The molecule has 0 spiro atoms. The summed E-state index contributed by atoms with van der Waals surface area (Å²) >= 11 is 3.11. The Labute approximate surface area is 96.8 Å². The van der Waals surface area contributed by atoms with E-state index in [0.717, 1.165) is 5.56 Å². The van der Waals surface area contributed by atoms with Gasteiger partial charge < -0.3 is 4.74 Å². The van der Waals surface area contributed by atoms with Crippen LogP contribution in [-0.2, 0) is 0 Å². The third-order valence-corrected chi connectivity index (χ3v) is 2.56. The van der Waals surface area contributed by atoms with Crippen LogP contribution in [0.2, 0.25) is 0 Å². The first-order chi connectivity index (χ1) is 7.13. The molecule has 15 heavy (non-hydrogen) atoms. The lowest BCUT2D eigenvalue weighted by Crippen LogP contribution is -2.06. The summed E-state index contributed by atoms with van der Waals surface area (Å²) in [6, 6.07) is 5.27. The number of benzene rings is 1. The maximum Gasteiger partial charge on any atom is 0.177 e. The molecule has 1 rings (SSSR count). The minimum absolute atomic E-state index is 0.0474. The number of ether oxygens (including phenoxy) is 1. The van der Waals surface area contributed by atoms with E-state index >= 15 is 0 Å². The fourth-order valence-electron chi connectivity index (χ4n) is 1.40. The monoisotopic (exact) mass is 267 g/mol. The molecule has 4 heteroatoms. The van der Waals surface area contributed by atoms with Crippen molar-refractivity contribution in [2.24, 2.45) is 0 Å². The molecule has 3 nitrogen and oxygen atoms in total. The molecule has 0 unspecified atom stereocenters. The average molecular weight is 268 g/mol. The number of alkyl halides is 1. The highest BCUT2D eigenvalue weighted by atomic mass is 79.9. The van der Waals surface area contributed by atoms with Gasteiger partial charge in [-0.05, 0) is 24.6 Å². The van der Waals surface area contributed by atoms with Crippen LogP contribution in [0, 0.1) is 18.3 Å². The van der Waals surface area contributed by atoms with Crippen molar-refractivity contribution in [1.82, 2.24) is 0 Å². The number of ketones is 1. The van der Waals surface area contributed by atoms with Crippen molar-refractivity contribution in [2.75, 3.05) is 12.4 Å². The minimum Gasteiger partial charge on any atom is -0.496 e. The molecule has 78 valence electrons. The van der Waals surface area contributed by atoms with Gasteiger partial charge in [0.1, 0.15) is 5.75 Å². The first kappa shape index (κ1) is 11.7. The topological polar surface area (TPSA) is 50.1 Å². The molecule has 0 aliphatic heterocycles. The Morgan fingerprint density at radius 3 is 2.73 bits per heavy atom. The highest BCUT2D eigenvalue weighted by molar-refractivity contribution is 9.09. The van der Waals surface area contributed by atoms with Crippen LogP contribution in [0.15, 0.2) is 12.1 Å². The van der Waals surface area contributed by atoms with E-state index in [1.165, 1.54) is 7.11 Å². The lowest BCUT2D eigenvalue weighted by atomic mass is 10.0. The van der Waals surface area contributed by atoms with Gasteiger partial charge in [-0.2, -0.15) is 5.26 Å². The molecule has 1 aromatic carbocycles. The summed E-state index contributed by atoms with van der Waals surface area (Å²) in [6.07, 6.45) is 0. The van der Waals surface area contributed by atoms with Crippen LogP contribution < -0.4 is 4.74 Å². The van der Waals surface area contributed by atoms with Crippen molar-refractivity contribution in [3.63, 3.8) is 0 Å². The smallest absolute Gasteiger partial charge is 0.177 e. The van der Waals surface area contributed by atoms with Gasteiger partial charge in [-0.1, -0.05) is 15.9 Å². The van der Waals surface area contributed by atoms with Crippen LogP contribution in [0.25, 0.3) is 0 Å². The van der Waals surface area contributed by atoms with Gasteiger partial charge in [-0.25, -0.2) is 0 Å². The van der Waals surface area contributed by atoms with Gasteiger partial charge in [0.25, 0.3) is 0 Å². The number of methoxy groups -OCH3 is 1. The maximum atomic E-state index is 11.6. The van der Waals surface area contributed by atoms with Crippen molar-refractivity contribution in [2.45, 2.75) is 6.92 Å².